The van der Waals surface area contributed by atoms with Gasteiger partial charge in [-0.3, -0.25) is 9.69 Å². The molecule has 1 amide bonds. The van der Waals surface area contributed by atoms with Crippen LogP contribution in [0, 0.1) is 18.6 Å². The Hall–Kier alpha value is -3.83. The highest BCUT2D eigenvalue weighted by Gasteiger charge is 2.26. The molecule has 2 aliphatic rings. The fourth-order valence-corrected chi connectivity index (χ4v) is 4.68. The van der Waals surface area contributed by atoms with E-state index in [0.29, 0.717) is 12.1 Å². The van der Waals surface area contributed by atoms with E-state index in [0.717, 1.165) is 38.8 Å². The maximum atomic E-state index is 15.2. The highest BCUT2D eigenvalue weighted by molar-refractivity contribution is 6.00. The molecular formula is C27H31F2N7O2. The third-order valence-corrected chi connectivity index (χ3v) is 6.66. The zero-order valence-electron chi connectivity index (χ0n) is 21.6. The number of benzene rings is 1. The molecule has 200 valence electrons. The standard InChI is InChI=1S/C27H31F2N7O2/c1-16-12-19-23(29)21(13-20(28)24(19)33-16)38-26-22(27(37)35(2)3)25(31-15-32-26)34-18-6-4-17(5-7-18)14-36-10-8-30-9-11-36/h4-6,12-13,15,18,30,33H,7-11,14H2,1-3H3,(H,31,32,34). The van der Waals surface area contributed by atoms with Gasteiger partial charge in [0.1, 0.15) is 17.7 Å². The van der Waals surface area contributed by atoms with Crippen molar-refractivity contribution in [1.82, 2.24) is 30.1 Å². The second kappa shape index (κ2) is 10.9. The zero-order valence-corrected chi connectivity index (χ0v) is 21.6. The predicted molar refractivity (Wildman–Crippen MR) is 142 cm³/mol. The number of hydrogen-bond acceptors (Lipinski definition) is 7. The number of halogens is 2. The lowest BCUT2D eigenvalue weighted by atomic mass is 10.0. The minimum atomic E-state index is -0.750. The summed E-state index contributed by atoms with van der Waals surface area (Å²) in [5, 5.41) is 6.70. The van der Waals surface area contributed by atoms with Crippen molar-refractivity contribution in [1.29, 1.82) is 0 Å². The third kappa shape index (κ3) is 5.39. The molecule has 38 heavy (non-hydrogen) atoms. The lowest BCUT2D eigenvalue weighted by molar-refractivity contribution is 0.0824. The lowest BCUT2D eigenvalue weighted by Crippen LogP contribution is -2.44. The molecule has 1 aliphatic heterocycles. The number of nitrogens with one attached hydrogen (secondary N) is 3. The minimum absolute atomic E-state index is 0.0339. The first kappa shape index (κ1) is 25.8. The van der Waals surface area contributed by atoms with Gasteiger partial charge < -0.3 is 25.3 Å². The van der Waals surface area contributed by atoms with Gasteiger partial charge >= 0.3 is 0 Å². The molecule has 2 aromatic heterocycles. The average molecular weight is 524 g/mol. The molecule has 0 spiro atoms. The van der Waals surface area contributed by atoms with Crippen molar-refractivity contribution in [2.24, 2.45) is 0 Å². The fraction of sp³-hybridized carbons (Fsp3) is 0.370. The molecule has 3 aromatic rings. The van der Waals surface area contributed by atoms with Crippen molar-refractivity contribution in [3.63, 3.8) is 0 Å². The first-order valence-corrected chi connectivity index (χ1v) is 12.6. The summed E-state index contributed by atoms with van der Waals surface area (Å²) in [5.41, 5.74) is 1.94. The van der Waals surface area contributed by atoms with Gasteiger partial charge in [-0.1, -0.05) is 18.2 Å². The van der Waals surface area contributed by atoms with E-state index < -0.39 is 17.5 Å². The van der Waals surface area contributed by atoms with E-state index in [4.69, 9.17) is 4.74 Å². The molecule has 0 saturated carbocycles. The van der Waals surface area contributed by atoms with E-state index in [1.807, 2.05) is 6.08 Å². The summed E-state index contributed by atoms with van der Waals surface area (Å²) in [6, 6.07) is 2.33. The second-order valence-electron chi connectivity index (χ2n) is 9.77. The van der Waals surface area contributed by atoms with E-state index in [1.165, 1.54) is 22.9 Å². The number of fused-ring (bicyclic) bond motifs is 1. The number of hydrogen-bond donors (Lipinski definition) is 3. The molecule has 1 fully saturated rings. The Bertz CT molecular complexity index is 1410. The number of H-pyrrole nitrogens is 1. The van der Waals surface area contributed by atoms with Gasteiger partial charge in [0.25, 0.3) is 5.91 Å². The molecule has 0 radical (unpaired) electrons. The third-order valence-electron chi connectivity index (χ3n) is 6.66. The van der Waals surface area contributed by atoms with Crippen molar-refractivity contribution in [2.45, 2.75) is 19.4 Å². The molecule has 3 heterocycles. The normalized spacial score (nSPS) is 17.9. The van der Waals surface area contributed by atoms with Gasteiger partial charge in [0.15, 0.2) is 17.4 Å². The Kier molecular flexibility index (Phi) is 7.39. The van der Waals surface area contributed by atoms with Crippen molar-refractivity contribution in [2.75, 3.05) is 52.1 Å². The van der Waals surface area contributed by atoms with E-state index >= 15 is 4.39 Å². The molecule has 0 bridgehead atoms. The van der Waals surface area contributed by atoms with Gasteiger partial charge in [0, 0.05) is 70.0 Å². The number of rotatable bonds is 7. The Labute approximate surface area is 219 Å². The smallest absolute Gasteiger partial charge is 0.262 e. The molecule has 3 N–H and O–H groups in total. The molecule has 1 unspecified atom stereocenters. The van der Waals surface area contributed by atoms with E-state index in [1.54, 1.807) is 21.0 Å². The Morgan fingerprint density at radius 2 is 2.03 bits per heavy atom. The first-order valence-electron chi connectivity index (χ1n) is 12.6. The van der Waals surface area contributed by atoms with Crippen LogP contribution in [-0.4, -0.2) is 83.5 Å². The Morgan fingerprint density at radius 1 is 1.24 bits per heavy atom. The van der Waals surface area contributed by atoms with Crippen LogP contribution in [0.2, 0.25) is 0 Å². The number of anilines is 1. The van der Waals surface area contributed by atoms with Crippen LogP contribution in [0.4, 0.5) is 14.6 Å². The lowest BCUT2D eigenvalue weighted by Gasteiger charge is -2.28. The van der Waals surface area contributed by atoms with E-state index in [9.17, 15) is 9.18 Å². The molecule has 1 atom stereocenters. The summed E-state index contributed by atoms with van der Waals surface area (Å²) < 4.78 is 35.6. The van der Waals surface area contributed by atoms with Gasteiger partial charge in [-0.25, -0.2) is 18.7 Å². The Morgan fingerprint density at radius 3 is 2.74 bits per heavy atom. The zero-order chi connectivity index (χ0) is 26.8. The summed E-state index contributed by atoms with van der Waals surface area (Å²) in [4.78, 5) is 28.1. The van der Waals surface area contributed by atoms with Crippen LogP contribution in [-0.2, 0) is 0 Å². The number of nitrogens with zero attached hydrogens (tertiary/aromatic N) is 4. The number of piperazine rings is 1. The number of aromatic nitrogens is 3. The van der Waals surface area contributed by atoms with E-state index in [-0.39, 0.29) is 40.0 Å². The van der Waals surface area contributed by atoms with Gasteiger partial charge in [0.2, 0.25) is 5.88 Å². The number of amides is 1. The minimum Gasteiger partial charge on any atom is -0.435 e. The highest BCUT2D eigenvalue weighted by atomic mass is 19.1. The fourth-order valence-electron chi connectivity index (χ4n) is 4.68. The predicted octanol–water partition coefficient (Wildman–Crippen LogP) is 3.61. The van der Waals surface area contributed by atoms with Crippen LogP contribution < -0.4 is 15.4 Å². The number of ether oxygens (including phenoxy) is 1. The summed E-state index contributed by atoms with van der Waals surface area (Å²) in [6.07, 6.45) is 8.24. The van der Waals surface area contributed by atoms with Crippen molar-refractivity contribution in [3.05, 3.63) is 65.2 Å². The molecule has 1 saturated heterocycles. The highest BCUT2D eigenvalue weighted by Crippen LogP contribution is 2.35. The van der Waals surface area contributed by atoms with Crippen LogP contribution in [0.3, 0.4) is 0 Å². The number of carbonyl (C=O) groups excluding carboxylic acids is 1. The average Bonchev–Trinajstić information content (AvgIpc) is 3.31. The summed E-state index contributed by atoms with van der Waals surface area (Å²) >= 11 is 0. The monoisotopic (exact) mass is 523 g/mol. The van der Waals surface area contributed by atoms with Crippen molar-refractivity contribution < 1.29 is 18.3 Å². The van der Waals surface area contributed by atoms with Gasteiger partial charge in [-0.05, 0) is 25.0 Å². The first-order chi connectivity index (χ1) is 18.3. The molecule has 1 aromatic carbocycles. The maximum absolute atomic E-state index is 15.2. The van der Waals surface area contributed by atoms with Crippen LogP contribution in [0.5, 0.6) is 11.6 Å². The van der Waals surface area contributed by atoms with Crippen LogP contribution >= 0.6 is 0 Å². The van der Waals surface area contributed by atoms with Crippen LogP contribution in [0.25, 0.3) is 10.9 Å². The van der Waals surface area contributed by atoms with Crippen molar-refractivity contribution >= 4 is 22.6 Å². The molecular weight excluding hydrogens is 492 g/mol. The van der Waals surface area contributed by atoms with Crippen molar-refractivity contribution in [3.8, 4) is 11.6 Å². The summed E-state index contributed by atoms with van der Waals surface area (Å²) in [5.74, 6) is -2.14. The molecule has 5 rings (SSSR count). The second-order valence-corrected chi connectivity index (χ2v) is 9.77. The number of carbonyl (C=O) groups is 1. The van der Waals surface area contributed by atoms with Gasteiger partial charge in [-0.2, -0.15) is 0 Å². The topological polar surface area (TPSA) is 98.4 Å². The van der Waals surface area contributed by atoms with Gasteiger partial charge in [0.05, 0.1) is 5.52 Å². The molecule has 11 heteroatoms. The SMILES string of the molecule is Cc1cc2c(F)c(Oc3ncnc(NC4C=CC(CN5CCNCC5)=CC4)c3C(=O)N(C)C)cc(F)c2[nH]1. The molecule has 9 nitrogen and oxygen atoms in total. The molecule has 1 aliphatic carbocycles. The Balaban J connectivity index is 1.39. The van der Waals surface area contributed by atoms with Crippen LogP contribution in [0.15, 0.2) is 42.3 Å². The number of aryl methyl sites for hydroxylation is 1. The largest absolute Gasteiger partial charge is 0.435 e. The van der Waals surface area contributed by atoms with Crippen LogP contribution in [0.1, 0.15) is 22.5 Å². The summed E-state index contributed by atoms with van der Waals surface area (Å²) in [7, 11) is 3.17. The number of aromatic amines is 1. The summed E-state index contributed by atoms with van der Waals surface area (Å²) in [6.45, 7) is 6.64. The van der Waals surface area contributed by atoms with E-state index in [2.05, 4.69) is 42.6 Å². The van der Waals surface area contributed by atoms with Gasteiger partial charge in [-0.15, -0.1) is 0 Å². The quantitative estimate of drug-likeness (QED) is 0.435. The maximum Gasteiger partial charge on any atom is 0.262 e.